The zero-order chi connectivity index (χ0) is 13.0. The molecule has 2 nitrogen and oxygen atoms in total. The first-order valence-electron chi connectivity index (χ1n) is 6.04. The Morgan fingerprint density at radius 1 is 1.12 bits per heavy atom. The quantitative estimate of drug-likeness (QED) is 0.805. The summed E-state index contributed by atoms with van der Waals surface area (Å²) in [4.78, 5) is 0. The van der Waals surface area contributed by atoms with E-state index >= 15 is 0 Å². The fraction of sp³-hybridized carbons (Fsp3) is 0.500. The second kappa shape index (κ2) is 6.01. The van der Waals surface area contributed by atoms with Crippen molar-refractivity contribution in [2.75, 3.05) is 0 Å². The lowest BCUT2D eigenvalue weighted by Crippen LogP contribution is -2.40. The minimum absolute atomic E-state index is 0.230. The van der Waals surface area contributed by atoms with Gasteiger partial charge in [-0.25, -0.2) is 0 Å². The third kappa shape index (κ3) is 4.35. The van der Waals surface area contributed by atoms with Crippen LogP contribution in [0.3, 0.4) is 0 Å². The molecule has 94 valence electrons. The van der Waals surface area contributed by atoms with Gasteiger partial charge in [0, 0.05) is 6.04 Å². The summed E-state index contributed by atoms with van der Waals surface area (Å²) in [6.07, 6.45) is 0. The van der Waals surface area contributed by atoms with Gasteiger partial charge in [-0.05, 0) is 58.0 Å². The fourth-order valence-corrected chi connectivity index (χ4v) is 2.22. The molecule has 0 saturated heterocycles. The van der Waals surface area contributed by atoms with Crippen molar-refractivity contribution in [3.05, 3.63) is 34.9 Å². The van der Waals surface area contributed by atoms with Gasteiger partial charge in [0.2, 0.25) is 0 Å². The first kappa shape index (κ1) is 14.0. The first-order chi connectivity index (χ1) is 7.90. The Hall–Kier alpha value is -1.09. The van der Waals surface area contributed by atoms with E-state index in [0.717, 1.165) is 0 Å². The van der Waals surface area contributed by atoms with Crippen LogP contribution in [0.15, 0.2) is 18.2 Å². The van der Waals surface area contributed by atoms with E-state index in [2.05, 4.69) is 63.5 Å². The van der Waals surface area contributed by atoms with Gasteiger partial charge in [-0.1, -0.05) is 23.8 Å². The number of benzene rings is 1. The maximum absolute atomic E-state index is 5.26. The molecule has 0 fully saturated rings. The Bertz CT molecular complexity index is 399. The zero-order valence-corrected chi connectivity index (χ0v) is 12.1. The molecule has 0 spiro atoms. The SMILES string of the molecule is Cc1ccc(C)c(C(C)NC(=S)NC(C)C)c1. The molecule has 0 radical (unpaired) electrons. The molecule has 1 aromatic rings. The molecule has 0 bridgehead atoms. The lowest BCUT2D eigenvalue weighted by Gasteiger charge is -2.20. The molecule has 3 heteroatoms. The van der Waals surface area contributed by atoms with Crippen molar-refractivity contribution in [3.8, 4) is 0 Å². The van der Waals surface area contributed by atoms with Crippen molar-refractivity contribution in [2.45, 2.75) is 46.7 Å². The summed E-state index contributed by atoms with van der Waals surface area (Å²) >= 11 is 5.26. The fourth-order valence-electron chi connectivity index (χ4n) is 1.80. The minimum atomic E-state index is 0.230. The lowest BCUT2D eigenvalue weighted by atomic mass is 10.0. The van der Waals surface area contributed by atoms with E-state index in [1.807, 2.05) is 0 Å². The van der Waals surface area contributed by atoms with Crippen LogP contribution in [0.4, 0.5) is 0 Å². The molecule has 0 heterocycles. The summed E-state index contributed by atoms with van der Waals surface area (Å²) in [5.74, 6) is 0. The summed E-state index contributed by atoms with van der Waals surface area (Å²) in [6, 6.07) is 7.10. The van der Waals surface area contributed by atoms with Gasteiger partial charge >= 0.3 is 0 Å². The Morgan fingerprint density at radius 3 is 2.35 bits per heavy atom. The molecule has 0 saturated carbocycles. The summed E-state index contributed by atoms with van der Waals surface area (Å²) < 4.78 is 0. The third-order valence-electron chi connectivity index (χ3n) is 2.67. The highest BCUT2D eigenvalue weighted by Gasteiger charge is 2.10. The Labute approximate surface area is 110 Å². The van der Waals surface area contributed by atoms with Crippen LogP contribution >= 0.6 is 12.2 Å². The van der Waals surface area contributed by atoms with Crippen LogP contribution in [0, 0.1) is 13.8 Å². The smallest absolute Gasteiger partial charge is 0.166 e. The number of aryl methyl sites for hydroxylation is 2. The van der Waals surface area contributed by atoms with Crippen molar-refractivity contribution in [2.24, 2.45) is 0 Å². The van der Waals surface area contributed by atoms with E-state index in [0.29, 0.717) is 11.2 Å². The van der Waals surface area contributed by atoms with E-state index in [1.165, 1.54) is 16.7 Å². The lowest BCUT2D eigenvalue weighted by molar-refractivity contribution is 0.661. The van der Waals surface area contributed by atoms with Gasteiger partial charge < -0.3 is 10.6 Å². The average Bonchev–Trinajstić information content (AvgIpc) is 2.20. The van der Waals surface area contributed by atoms with E-state index in [-0.39, 0.29) is 6.04 Å². The molecule has 0 aliphatic rings. The Balaban J connectivity index is 2.72. The average molecular weight is 250 g/mol. The highest BCUT2D eigenvalue weighted by atomic mass is 32.1. The summed E-state index contributed by atoms with van der Waals surface area (Å²) in [6.45, 7) is 10.5. The maximum atomic E-state index is 5.26. The minimum Gasteiger partial charge on any atom is -0.361 e. The standard InChI is InChI=1S/C14H22N2S/c1-9(2)15-14(17)16-12(5)13-8-10(3)6-7-11(13)4/h6-9,12H,1-5H3,(H2,15,16,17). The number of hydrogen-bond donors (Lipinski definition) is 2. The van der Waals surface area contributed by atoms with E-state index < -0.39 is 0 Å². The van der Waals surface area contributed by atoms with Crippen molar-refractivity contribution in [3.63, 3.8) is 0 Å². The van der Waals surface area contributed by atoms with Gasteiger partial charge in [0.1, 0.15) is 0 Å². The largest absolute Gasteiger partial charge is 0.361 e. The highest BCUT2D eigenvalue weighted by Crippen LogP contribution is 2.18. The van der Waals surface area contributed by atoms with Gasteiger partial charge in [-0.2, -0.15) is 0 Å². The second-order valence-electron chi connectivity index (χ2n) is 4.85. The normalized spacial score (nSPS) is 12.4. The third-order valence-corrected chi connectivity index (χ3v) is 2.90. The van der Waals surface area contributed by atoms with Gasteiger partial charge in [0.05, 0.1) is 6.04 Å². The van der Waals surface area contributed by atoms with Gasteiger partial charge in [0.15, 0.2) is 5.11 Å². The van der Waals surface area contributed by atoms with Gasteiger partial charge in [-0.3, -0.25) is 0 Å². The summed E-state index contributed by atoms with van der Waals surface area (Å²) in [5, 5.41) is 7.23. The zero-order valence-electron chi connectivity index (χ0n) is 11.3. The molecule has 0 aliphatic heterocycles. The molecular weight excluding hydrogens is 228 g/mol. The molecule has 0 aromatic heterocycles. The Morgan fingerprint density at radius 2 is 1.76 bits per heavy atom. The van der Waals surface area contributed by atoms with Crippen LogP contribution in [-0.2, 0) is 0 Å². The monoisotopic (exact) mass is 250 g/mol. The van der Waals surface area contributed by atoms with Gasteiger partial charge in [0.25, 0.3) is 0 Å². The van der Waals surface area contributed by atoms with Crippen molar-refractivity contribution in [1.29, 1.82) is 0 Å². The van der Waals surface area contributed by atoms with Crippen LogP contribution in [0.25, 0.3) is 0 Å². The molecule has 2 N–H and O–H groups in total. The van der Waals surface area contributed by atoms with Crippen LogP contribution in [0.1, 0.15) is 43.5 Å². The van der Waals surface area contributed by atoms with Gasteiger partial charge in [-0.15, -0.1) is 0 Å². The topological polar surface area (TPSA) is 24.1 Å². The number of rotatable bonds is 3. The van der Waals surface area contributed by atoms with Crippen LogP contribution in [-0.4, -0.2) is 11.2 Å². The van der Waals surface area contributed by atoms with Crippen LogP contribution in [0.5, 0.6) is 0 Å². The summed E-state index contributed by atoms with van der Waals surface area (Å²) in [7, 11) is 0. The highest BCUT2D eigenvalue weighted by molar-refractivity contribution is 7.80. The van der Waals surface area contributed by atoms with E-state index in [4.69, 9.17) is 12.2 Å². The molecule has 1 atom stereocenters. The molecule has 17 heavy (non-hydrogen) atoms. The predicted molar refractivity (Wildman–Crippen MR) is 78.3 cm³/mol. The molecule has 1 aromatic carbocycles. The second-order valence-corrected chi connectivity index (χ2v) is 5.26. The Kier molecular flexibility index (Phi) is 4.94. The molecular formula is C14H22N2S. The maximum Gasteiger partial charge on any atom is 0.166 e. The van der Waals surface area contributed by atoms with E-state index in [1.54, 1.807) is 0 Å². The molecule has 1 unspecified atom stereocenters. The molecule has 0 aliphatic carbocycles. The van der Waals surface area contributed by atoms with Crippen molar-refractivity contribution in [1.82, 2.24) is 10.6 Å². The van der Waals surface area contributed by atoms with Crippen LogP contribution in [0.2, 0.25) is 0 Å². The number of hydrogen-bond acceptors (Lipinski definition) is 1. The van der Waals surface area contributed by atoms with Crippen molar-refractivity contribution < 1.29 is 0 Å². The summed E-state index contributed by atoms with van der Waals surface area (Å²) in [5.41, 5.74) is 3.88. The molecule has 1 rings (SSSR count). The van der Waals surface area contributed by atoms with E-state index in [9.17, 15) is 0 Å². The van der Waals surface area contributed by atoms with Crippen LogP contribution < -0.4 is 10.6 Å². The predicted octanol–water partition coefficient (Wildman–Crippen LogP) is 3.24. The molecule has 0 amide bonds. The van der Waals surface area contributed by atoms with Crippen molar-refractivity contribution >= 4 is 17.3 Å². The first-order valence-corrected chi connectivity index (χ1v) is 6.45. The number of thiocarbonyl (C=S) groups is 1. The number of nitrogens with one attached hydrogen (secondary N) is 2.